The van der Waals surface area contributed by atoms with Gasteiger partial charge in [-0.2, -0.15) is 13.2 Å². The Morgan fingerprint density at radius 2 is 1.61 bits per heavy atom. The minimum atomic E-state index is -4.37. The summed E-state index contributed by atoms with van der Waals surface area (Å²) >= 11 is 0. The molecule has 23 heavy (non-hydrogen) atoms. The predicted octanol–water partition coefficient (Wildman–Crippen LogP) is 3.37. The number of alkyl halides is 3. The fourth-order valence-electron chi connectivity index (χ4n) is 1.89. The zero-order valence-electron chi connectivity index (χ0n) is 12.2. The van der Waals surface area contributed by atoms with Crippen LogP contribution in [0.2, 0.25) is 0 Å². The van der Waals surface area contributed by atoms with Crippen LogP contribution in [0.5, 0.6) is 0 Å². The molecule has 0 radical (unpaired) electrons. The molecular weight excluding hydrogens is 327 g/mol. The number of rotatable bonds is 4. The summed E-state index contributed by atoms with van der Waals surface area (Å²) in [4.78, 5) is 12.6. The number of nitrogens with one attached hydrogen (secondary N) is 1. The molecule has 0 saturated heterocycles. The molecule has 1 atom stereocenters. The highest BCUT2D eigenvalue weighted by Crippen LogP contribution is 2.29. The average Bonchev–Trinajstić information content (AvgIpc) is 2.52. The van der Waals surface area contributed by atoms with E-state index in [0.29, 0.717) is 16.0 Å². The largest absolute Gasteiger partial charge is 0.416 e. The summed E-state index contributed by atoms with van der Waals surface area (Å²) in [6, 6.07) is 10.9. The Morgan fingerprint density at radius 1 is 1.04 bits per heavy atom. The van der Waals surface area contributed by atoms with Crippen molar-refractivity contribution < 1.29 is 22.2 Å². The van der Waals surface area contributed by atoms with Crippen LogP contribution >= 0.6 is 0 Å². The summed E-state index contributed by atoms with van der Waals surface area (Å²) in [5, 5.41) is 2.63. The summed E-state index contributed by atoms with van der Waals surface area (Å²) in [7, 11) is -1.12. The van der Waals surface area contributed by atoms with Crippen LogP contribution in [0.15, 0.2) is 53.4 Å². The van der Waals surface area contributed by atoms with Crippen molar-refractivity contribution in [2.24, 2.45) is 0 Å². The Kier molecular flexibility index (Phi) is 5.20. The van der Waals surface area contributed by atoms with Crippen molar-refractivity contribution in [3.05, 3.63) is 65.2 Å². The molecule has 0 heterocycles. The highest BCUT2D eigenvalue weighted by molar-refractivity contribution is 7.84. The van der Waals surface area contributed by atoms with Gasteiger partial charge in [-0.05, 0) is 42.0 Å². The van der Waals surface area contributed by atoms with E-state index < -0.39 is 22.5 Å². The third kappa shape index (κ3) is 4.66. The van der Waals surface area contributed by atoms with Gasteiger partial charge in [0.25, 0.3) is 5.91 Å². The minimum Gasteiger partial charge on any atom is -0.348 e. The normalized spacial score (nSPS) is 12.7. The Morgan fingerprint density at radius 3 is 2.09 bits per heavy atom. The van der Waals surface area contributed by atoms with E-state index in [1.807, 2.05) is 0 Å². The van der Waals surface area contributed by atoms with Crippen molar-refractivity contribution >= 4 is 16.7 Å². The van der Waals surface area contributed by atoms with Crippen molar-refractivity contribution in [2.75, 3.05) is 6.26 Å². The zero-order chi connectivity index (χ0) is 17.0. The first kappa shape index (κ1) is 17.2. The van der Waals surface area contributed by atoms with Gasteiger partial charge in [0.05, 0.1) is 5.56 Å². The molecule has 7 heteroatoms. The van der Waals surface area contributed by atoms with Crippen LogP contribution in [-0.4, -0.2) is 16.4 Å². The minimum absolute atomic E-state index is 0.123. The van der Waals surface area contributed by atoms with Gasteiger partial charge >= 0.3 is 6.18 Å². The molecular formula is C16H14F3NO2S. The van der Waals surface area contributed by atoms with Crippen LogP contribution in [0.25, 0.3) is 0 Å². The van der Waals surface area contributed by atoms with Gasteiger partial charge in [0.2, 0.25) is 0 Å². The molecule has 3 nitrogen and oxygen atoms in total. The fraction of sp³-hybridized carbons (Fsp3) is 0.188. The maximum Gasteiger partial charge on any atom is 0.416 e. The zero-order valence-corrected chi connectivity index (χ0v) is 13.0. The van der Waals surface area contributed by atoms with Crippen LogP contribution < -0.4 is 5.32 Å². The Bertz CT molecular complexity index is 710. The SMILES string of the molecule is CS(=O)c1ccc(C(=O)NCc2ccc(C(F)(F)F)cc2)cc1. The van der Waals surface area contributed by atoms with E-state index in [0.717, 1.165) is 12.1 Å². The highest BCUT2D eigenvalue weighted by atomic mass is 32.2. The Labute approximate surface area is 134 Å². The van der Waals surface area contributed by atoms with Crippen LogP contribution in [0.3, 0.4) is 0 Å². The molecule has 0 bridgehead atoms. The summed E-state index contributed by atoms with van der Waals surface area (Å²) in [6.07, 6.45) is -2.83. The molecule has 0 saturated carbocycles. The molecule has 122 valence electrons. The smallest absolute Gasteiger partial charge is 0.348 e. The fourth-order valence-corrected chi connectivity index (χ4v) is 2.41. The van der Waals surface area contributed by atoms with Gasteiger partial charge < -0.3 is 5.32 Å². The van der Waals surface area contributed by atoms with E-state index in [9.17, 15) is 22.2 Å². The number of amides is 1. The van der Waals surface area contributed by atoms with Crippen LogP contribution in [-0.2, 0) is 23.5 Å². The average molecular weight is 341 g/mol. The quantitative estimate of drug-likeness (QED) is 0.927. The van der Waals surface area contributed by atoms with E-state index >= 15 is 0 Å². The summed E-state index contributed by atoms with van der Waals surface area (Å²) in [5.74, 6) is -0.349. The monoisotopic (exact) mass is 341 g/mol. The Balaban J connectivity index is 1.97. The molecule has 0 aromatic heterocycles. The molecule has 2 rings (SSSR count). The van der Waals surface area contributed by atoms with E-state index in [-0.39, 0.29) is 12.5 Å². The number of hydrogen-bond donors (Lipinski definition) is 1. The molecule has 1 amide bonds. The van der Waals surface area contributed by atoms with E-state index in [1.165, 1.54) is 12.1 Å². The molecule has 1 unspecified atom stereocenters. The van der Waals surface area contributed by atoms with Gasteiger partial charge in [-0.3, -0.25) is 9.00 Å². The van der Waals surface area contributed by atoms with Crippen molar-refractivity contribution in [2.45, 2.75) is 17.6 Å². The molecule has 0 aliphatic rings. The number of carbonyl (C=O) groups is 1. The predicted molar refractivity (Wildman–Crippen MR) is 81.4 cm³/mol. The van der Waals surface area contributed by atoms with Crippen LogP contribution in [0, 0.1) is 0 Å². The third-order valence-corrected chi connectivity index (χ3v) is 4.12. The summed E-state index contributed by atoms with van der Waals surface area (Å²) in [6.45, 7) is 0.123. The first-order valence-corrected chi connectivity index (χ1v) is 8.21. The lowest BCUT2D eigenvalue weighted by Gasteiger charge is -2.09. The second-order valence-electron chi connectivity index (χ2n) is 4.86. The van der Waals surface area contributed by atoms with Gasteiger partial charge in [-0.1, -0.05) is 12.1 Å². The molecule has 2 aromatic rings. The van der Waals surface area contributed by atoms with Crippen molar-refractivity contribution in [3.63, 3.8) is 0 Å². The maximum atomic E-state index is 12.5. The summed E-state index contributed by atoms with van der Waals surface area (Å²) < 4.78 is 48.6. The van der Waals surface area contributed by atoms with Gasteiger partial charge in [0, 0.05) is 34.1 Å². The van der Waals surface area contributed by atoms with Gasteiger partial charge in [0.1, 0.15) is 0 Å². The molecule has 1 N–H and O–H groups in total. The Hall–Kier alpha value is -2.15. The topological polar surface area (TPSA) is 46.2 Å². The van der Waals surface area contributed by atoms with Crippen molar-refractivity contribution in [1.82, 2.24) is 5.32 Å². The second kappa shape index (κ2) is 6.95. The summed E-state index contributed by atoms with van der Waals surface area (Å²) in [5.41, 5.74) is 0.236. The first-order valence-electron chi connectivity index (χ1n) is 6.65. The van der Waals surface area contributed by atoms with Gasteiger partial charge in [-0.25, -0.2) is 0 Å². The molecule has 2 aromatic carbocycles. The van der Waals surface area contributed by atoms with Crippen molar-refractivity contribution in [3.8, 4) is 0 Å². The van der Waals surface area contributed by atoms with Gasteiger partial charge in [0.15, 0.2) is 0 Å². The number of hydrogen-bond acceptors (Lipinski definition) is 2. The first-order chi connectivity index (χ1) is 10.8. The van der Waals surface area contributed by atoms with E-state index in [4.69, 9.17) is 0 Å². The lowest BCUT2D eigenvalue weighted by Crippen LogP contribution is -2.22. The van der Waals surface area contributed by atoms with E-state index in [1.54, 1.807) is 30.5 Å². The number of benzene rings is 2. The van der Waals surface area contributed by atoms with Crippen LogP contribution in [0.4, 0.5) is 13.2 Å². The molecule has 0 fully saturated rings. The van der Waals surface area contributed by atoms with Crippen LogP contribution in [0.1, 0.15) is 21.5 Å². The molecule has 0 aliphatic heterocycles. The molecule has 0 spiro atoms. The van der Waals surface area contributed by atoms with Gasteiger partial charge in [-0.15, -0.1) is 0 Å². The number of carbonyl (C=O) groups excluding carboxylic acids is 1. The standard InChI is InChI=1S/C16H14F3NO2S/c1-23(22)14-8-4-12(5-9-14)15(21)20-10-11-2-6-13(7-3-11)16(17,18)19/h2-9H,10H2,1H3,(H,20,21). The lowest BCUT2D eigenvalue weighted by atomic mass is 10.1. The number of halogens is 3. The van der Waals surface area contributed by atoms with E-state index in [2.05, 4.69) is 5.32 Å². The second-order valence-corrected chi connectivity index (χ2v) is 6.24. The van der Waals surface area contributed by atoms with Crippen molar-refractivity contribution in [1.29, 1.82) is 0 Å². The molecule has 0 aliphatic carbocycles. The highest BCUT2D eigenvalue weighted by Gasteiger charge is 2.29. The maximum absolute atomic E-state index is 12.5. The lowest BCUT2D eigenvalue weighted by molar-refractivity contribution is -0.137. The third-order valence-electron chi connectivity index (χ3n) is 3.18.